The minimum absolute atomic E-state index is 0.165. The van der Waals surface area contributed by atoms with Crippen LogP contribution in [0.1, 0.15) is 27.7 Å². The second kappa shape index (κ2) is 6.77. The average molecular weight is 253 g/mol. The molecule has 0 radical (unpaired) electrons. The van der Waals surface area contributed by atoms with Gasteiger partial charge in [-0.05, 0) is 6.92 Å². The standard InChI is InChI=1S/C14H23NO3/c1-12(2)14(4,18-13(3)16)6-5-7-15-8-10-17-11-9-15/h12H,7-11H2,1-4H3. The van der Waals surface area contributed by atoms with E-state index in [2.05, 4.69) is 16.7 Å². The van der Waals surface area contributed by atoms with Gasteiger partial charge in [0.15, 0.2) is 5.60 Å². The largest absolute Gasteiger partial charge is 0.446 e. The van der Waals surface area contributed by atoms with Gasteiger partial charge in [0.2, 0.25) is 0 Å². The molecule has 102 valence electrons. The summed E-state index contributed by atoms with van der Waals surface area (Å²) in [5.41, 5.74) is -0.696. The van der Waals surface area contributed by atoms with Crippen molar-refractivity contribution < 1.29 is 14.3 Å². The van der Waals surface area contributed by atoms with Crippen molar-refractivity contribution in [2.24, 2.45) is 5.92 Å². The van der Waals surface area contributed by atoms with Gasteiger partial charge in [0.05, 0.1) is 19.8 Å². The average Bonchev–Trinajstić information content (AvgIpc) is 2.29. The molecule has 0 bridgehead atoms. The molecular formula is C14H23NO3. The van der Waals surface area contributed by atoms with Crippen LogP contribution in [0.3, 0.4) is 0 Å². The molecule has 1 aliphatic rings. The Morgan fingerprint density at radius 3 is 2.56 bits per heavy atom. The number of rotatable bonds is 3. The summed E-state index contributed by atoms with van der Waals surface area (Å²) in [5.74, 6) is 6.10. The predicted molar refractivity (Wildman–Crippen MR) is 70.0 cm³/mol. The summed E-state index contributed by atoms with van der Waals surface area (Å²) < 4.78 is 10.6. The van der Waals surface area contributed by atoms with Crippen LogP contribution in [0.15, 0.2) is 0 Å². The predicted octanol–water partition coefficient (Wildman–Crippen LogP) is 1.30. The third-order valence-electron chi connectivity index (χ3n) is 3.20. The van der Waals surface area contributed by atoms with E-state index >= 15 is 0 Å². The van der Waals surface area contributed by atoms with E-state index in [0.717, 1.165) is 26.3 Å². The molecule has 0 saturated carbocycles. The molecule has 1 atom stereocenters. The smallest absolute Gasteiger partial charge is 0.304 e. The zero-order chi connectivity index (χ0) is 13.6. The van der Waals surface area contributed by atoms with Gasteiger partial charge < -0.3 is 9.47 Å². The maximum Gasteiger partial charge on any atom is 0.304 e. The number of carbonyl (C=O) groups is 1. The Bertz CT molecular complexity index is 337. The van der Waals surface area contributed by atoms with Crippen molar-refractivity contribution >= 4 is 5.97 Å². The Hall–Kier alpha value is -1.05. The highest BCUT2D eigenvalue weighted by Crippen LogP contribution is 2.20. The van der Waals surface area contributed by atoms with Gasteiger partial charge in [-0.2, -0.15) is 0 Å². The maximum atomic E-state index is 11.1. The summed E-state index contributed by atoms with van der Waals surface area (Å²) in [6, 6.07) is 0. The highest BCUT2D eigenvalue weighted by atomic mass is 16.6. The SMILES string of the molecule is CC(=O)OC(C)(C#CCN1CCOCC1)C(C)C. The Morgan fingerprint density at radius 2 is 2.06 bits per heavy atom. The van der Waals surface area contributed by atoms with Gasteiger partial charge in [-0.15, -0.1) is 0 Å². The zero-order valence-electron chi connectivity index (χ0n) is 11.8. The van der Waals surface area contributed by atoms with Crippen molar-refractivity contribution in [1.82, 2.24) is 4.90 Å². The molecule has 4 heteroatoms. The highest BCUT2D eigenvalue weighted by Gasteiger charge is 2.29. The minimum Gasteiger partial charge on any atom is -0.446 e. The van der Waals surface area contributed by atoms with E-state index in [4.69, 9.17) is 9.47 Å². The number of esters is 1. The summed E-state index contributed by atoms with van der Waals surface area (Å²) in [6.45, 7) is 11.4. The van der Waals surface area contributed by atoms with Gasteiger partial charge >= 0.3 is 5.97 Å². The number of hydrogen-bond donors (Lipinski definition) is 0. The quantitative estimate of drug-likeness (QED) is 0.561. The molecular weight excluding hydrogens is 230 g/mol. The summed E-state index contributed by atoms with van der Waals surface area (Å²) >= 11 is 0. The van der Waals surface area contributed by atoms with Crippen molar-refractivity contribution in [3.63, 3.8) is 0 Å². The van der Waals surface area contributed by atoms with Crippen LogP contribution >= 0.6 is 0 Å². The Labute approximate surface area is 110 Å². The van der Waals surface area contributed by atoms with E-state index in [-0.39, 0.29) is 11.9 Å². The fourth-order valence-corrected chi connectivity index (χ4v) is 1.67. The van der Waals surface area contributed by atoms with E-state index in [0.29, 0.717) is 6.54 Å². The number of ether oxygens (including phenoxy) is 2. The first kappa shape index (κ1) is 15.0. The summed E-state index contributed by atoms with van der Waals surface area (Å²) in [6.07, 6.45) is 0. The van der Waals surface area contributed by atoms with Crippen LogP contribution in [0.25, 0.3) is 0 Å². The van der Waals surface area contributed by atoms with Crippen LogP contribution in [0.4, 0.5) is 0 Å². The first-order valence-electron chi connectivity index (χ1n) is 6.44. The van der Waals surface area contributed by atoms with Crippen LogP contribution < -0.4 is 0 Å². The molecule has 0 spiro atoms. The minimum atomic E-state index is -0.696. The van der Waals surface area contributed by atoms with Crippen LogP contribution in [0.2, 0.25) is 0 Å². The van der Waals surface area contributed by atoms with Crippen molar-refractivity contribution in [1.29, 1.82) is 0 Å². The monoisotopic (exact) mass is 253 g/mol. The molecule has 1 saturated heterocycles. The summed E-state index contributed by atoms with van der Waals surface area (Å²) in [4.78, 5) is 13.4. The van der Waals surface area contributed by atoms with E-state index in [1.54, 1.807) is 0 Å². The van der Waals surface area contributed by atoms with E-state index in [9.17, 15) is 4.79 Å². The Kier molecular flexibility index (Phi) is 5.64. The molecule has 0 aromatic heterocycles. The fraction of sp³-hybridized carbons (Fsp3) is 0.786. The molecule has 1 fully saturated rings. The topological polar surface area (TPSA) is 38.8 Å². The fourth-order valence-electron chi connectivity index (χ4n) is 1.67. The van der Waals surface area contributed by atoms with Gasteiger partial charge in [-0.25, -0.2) is 0 Å². The number of nitrogens with zero attached hydrogens (tertiary/aromatic N) is 1. The Balaban J connectivity index is 2.57. The first-order valence-corrected chi connectivity index (χ1v) is 6.44. The molecule has 18 heavy (non-hydrogen) atoms. The third-order valence-corrected chi connectivity index (χ3v) is 3.20. The molecule has 1 aliphatic heterocycles. The lowest BCUT2D eigenvalue weighted by Crippen LogP contribution is -2.37. The summed E-state index contributed by atoms with van der Waals surface area (Å²) in [5, 5.41) is 0. The zero-order valence-corrected chi connectivity index (χ0v) is 11.8. The number of carbonyl (C=O) groups excluding carboxylic acids is 1. The molecule has 1 unspecified atom stereocenters. The van der Waals surface area contributed by atoms with Crippen molar-refractivity contribution in [2.75, 3.05) is 32.8 Å². The second-order valence-electron chi connectivity index (χ2n) is 5.05. The molecule has 0 aromatic carbocycles. The van der Waals surface area contributed by atoms with E-state index in [1.807, 2.05) is 20.8 Å². The molecule has 1 heterocycles. The lowest BCUT2D eigenvalue weighted by molar-refractivity contribution is -0.153. The summed E-state index contributed by atoms with van der Waals surface area (Å²) in [7, 11) is 0. The van der Waals surface area contributed by atoms with Gasteiger partial charge in [0.1, 0.15) is 0 Å². The van der Waals surface area contributed by atoms with Crippen molar-refractivity contribution in [3.8, 4) is 11.8 Å². The van der Waals surface area contributed by atoms with Crippen molar-refractivity contribution in [2.45, 2.75) is 33.3 Å². The van der Waals surface area contributed by atoms with Crippen LogP contribution in [-0.4, -0.2) is 49.3 Å². The number of hydrogen-bond acceptors (Lipinski definition) is 4. The lowest BCUT2D eigenvalue weighted by atomic mass is 9.93. The molecule has 0 amide bonds. The van der Waals surface area contributed by atoms with Gasteiger partial charge in [0, 0.05) is 25.9 Å². The molecule has 0 aliphatic carbocycles. The maximum absolute atomic E-state index is 11.1. The van der Waals surface area contributed by atoms with Crippen LogP contribution in [0, 0.1) is 17.8 Å². The number of morpholine rings is 1. The molecule has 1 rings (SSSR count). The van der Waals surface area contributed by atoms with Crippen molar-refractivity contribution in [3.05, 3.63) is 0 Å². The van der Waals surface area contributed by atoms with Gasteiger partial charge in [0.25, 0.3) is 0 Å². The van der Waals surface area contributed by atoms with E-state index in [1.165, 1.54) is 6.92 Å². The van der Waals surface area contributed by atoms with Gasteiger partial charge in [-0.1, -0.05) is 25.7 Å². The van der Waals surface area contributed by atoms with Crippen LogP contribution in [0.5, 0.6) is 0 Å². The van der Waals surface area contributed by atoms with Gasteiger partial charge in [-0.3, -0.25) is 9.69 Å². The molecule has 0 N–H and O–H groups in total. The lowest BCUT2D eigenvalue weighted by Gasteiger charge is -2.28. The highest BCUT2D eigenvalue weighted by molar-refractivity contribution is 5.67. The molecule has 0 aromatic rings. The first-order chi connectivity index (χ1) is 8.44. The van der Waals surface area contributed by atoms with E-state index < -0.39 is 5.60 Å². The normalized spacial score (nSPS) is 19.8. The Morgan fingerprint density at radius 1 is 1.44 bits per heavy atom. The molecule has 4 nitrogen and oxygen atoms in total. The second-order valence-corrected chi connectivity index (χ2v) is 5.05. The van der Waals surface area contributed by atoms with Crippen LogP contribution in [-0.2, 0) is 14.3 Å². The third kappa shape index (κ3) is 4.67.